The van der Waals surface area contributed by atoms with Gasteiger partial charge in [0.1, 0.15) is 11.5 Å². The van der Waals surface area contributed by atoms with Gasteiger partial charge < -0.3 is 13.9 Å². The van der Waals surface area contributed by atoms with Gasteiger partial charge in [-0.05, 0) is 43.9 Å². The molecule has 4 rings (SSSR count). The van der Waals surface area contributed by atoms with Crippen molar-refractivity contribution >= 4 is 22.6 Å². The maximum absolute atomic E-state index is 12.1. The van der Waals surface area contributed by atoms with Gasteiger partial charge in [-0.3, -0.25) is 4.79 Å². The predicted octanol–water partition coefficient (Wildman–Crippen LogP) is 5.68. The van der Waals surface area contributed by atoms with Crippen LogP contribution in [0.5, 0.6) is 11.5 Å². The van der Waals surface area contributed by atoms with Gasteiger partial charge in [0, 0.05) is 34.3 Å². The smallest absolute Gasteiger partial charge is 0.167 e. The lowest BCUT2D eigenvalue weighted by atomic mass is 9.96. The zero-order chi connectivity index (χ0) is 19.7. The molecule has 0 atom stereocenters. The Bertz CT molecular complexity index is 1170. The third-order valence-corrected chi connectivity index (χ3v) is 5.01. The van der Waals surface area contributed by atoms with Crippen molar-refractivity contribution in [2.45, 2.75) is 20.8 Å². The largest absolute Gasteiger partial charge is 0.493 e. The highest BCUT2D eigenvalue weighted by atomic mass is 16.5. The summed E-state index contributed by atoms with van der Waals surface area (Å²) in [4.78, 5) is 12.1. The summed E-state index contributed by atoms with van der Waals surface area (Å²) in [5, 5.41) is 2.01. The van der Waals surface area contributed by atoms with Crippen LogP contribution in [0.25, 0.3) is 27.4 Å². The molecule has 2 aromatic carbocycles. The Morgan fingerprint density at radius 3 is 2.36 bits per heavy atom. The Morgan fingerprint density at radius 1 is 0.929 bits per heavy atom. The molecule has 0 unspecified atom stereocenters. The molecule has 0 saturated heterocycles. The fourth-order valence-electron chi connectivity index (χ4n) is 3.82. The van der Waals surface area contributed by atoms with Crippen LogP contribution in [0.2, 0.25) is 0 Å². The first-order valence-electron chi connectivity index (χ1n) is 9.57. The van der Waals surface area contributed by atoms with Gasteiger partial charge in [-0.15, -0.1) is 0 Å². The van der Waals surface area contributed by atoms with Crippen molar-refractivity contribution in [3.05, 3.63) is 66.0 Å². The summed E-state index contributed by atoms with van der Waals surface area (Å²) < 4.78 is 13.8. The summed E-state index contributed by atoms with van der Waals surface area (Å²) in [5.74, 6) is 1.51. The first kappa shape index (κ1) is 18.1. The lowest BCUT2D eigenvalue weighted by Gasteiger charge is -2.17. The Kier molecular flexibility index (Phi) is 4.78. The van der Waals surface area contributed by atoms with Crippen LogP contribution in [0.3, 0.4) is 0 Å². The Balaban J connectivity index is 2.13. The quantitative estimate of drug-likeness (QED) is 0.408. The Labute approximate surface area is 164 Å². The van der Waals surface area contributed by atoms with E-state index in [0.29, 0.717) is 18.9 Å². The van der Waals surface area contributed by atoms with Crippen molar-refractivity contribution in [3.63, 3.8) is 0 Å². The van der Waals surface area contributed by atoms with Crippen molar-refractivity contribution < 1.29 is 14.3 Å². The fourth-order valence-corrected chi connectivity index (χ4v) is 3.82. The summed E-state index contributed by atoms with van der Waals surface area (Å²) in [6.07, 6.45) is 2.84. The number of carbonyl (C=O) groups excluding carboxylic acids is 1. The molecule has 4 heteroatoms. The number of aldehydes is 1. The van der Waals surface area contributed by atoms with E-state index in [1.807, 2.05) is 67.8 Å². The minimum absolute atomic E-state index is 0.528. The molecule has 4 aromatic rings. The number of hydrogen-bond acceptors (Lipinski definition) is 3. The number of benzene rings is 2. The summed E-state index contributed by atoms with van der Waals surface area (Å²) in [6.45, 7) is 7.08. The molecule has 0 radical (unpaired) electrons. The summed E-state index contributed by atoms with van der Waals surface area (Å²) in [6, 6.07) is 16.1. The van der Waals surface area contributed by atoms with E-state index in [1.54, 1.807) is 0 Å². The van der Waals surface area contributed by atoms with Crippen LogP contribution in [-0.4, -0.2) is 23.9 Å². The zero-order valence-corrected chi connectivity index (χ0v) is 16.4. The monoisotopic (exact) mass is 373 g/mol. The molecule has 0 saturated carbocycles. The third kappa shape index (κ3) is 2.82. The molecule has 28 heavy (non-hydrogen) atoms. The molecule has 0 aliphatic rings. The molecule has 142 valence electrons. The highest BCUT2D eigenvalue weighted by Gasteiger charge is 2.21. The average Bonchev–Trinajstić information content (AvgIpc) is 3.08. The van der Waals surface area contributed by atoms with Crippen LogP contribution in [0.1, 0.15) is 29.9 Å². The Morgan fingerprint density at radius 2 is 1.64 bits per heavy atom. The number of fused-ring (bicyclic) bond motifs is 2. The second-order valence-corrected chi connectivity index (χ2v) is 6.67. The van der Waals surface area contributed by atoms with Crippen LogP contribution in [0.4, 0.5) is 0 Å². The van der Waals surface area contributed by atoms with Crippen LogP contribution >= 0.6 is 0 Å². The predicted molar refractivity (Wildman–Crippen MR) is 113 cm³/mol. The average molecular weight is 373 g/mol. The highest BCUT2D eigenvalue weighted by molar-refractivity contribution is 6.06. The van der Waals surface area contributed by atoms with Crippen LogP contribution < -0.4 is 9.47 Å². The summed E-state index contributed by atoms with van der Waals surface area (Å²) in [7, 11) is 0. The lowest BCUT2D eigenvalue weighted by Crippen LogP contribution is -2.00. The minimum atomic E-state index is 0.528. The molecule has 0 spiro atoms. The first-order valence-corrected chi connectivity index (χ1v) is 9.57. The van der Waals surface area contributed by atoms with Crippen molar-refractivity contribution in [1.29, 1.82) is 0 Å². The van der Waals surface area contributed by atoms with Crippen molar-refractivity contribution in [2.75, 3.05) is 13.2 Å². The van der Waals surface area contributed by atoms with E-state index in [0.717, 1.165) is 50.8 Å². The number of aromatic nitrogens is 1. The van der Waals surface area contributed by atoms with Crippen molar-refractivity contribution in [3.8, 4) is 22.6 Å². The van der Waals surface area contributed by atoms with E-state index >= 15 is 0 Å². The zero-order valence-electron chi connectivity index (χ0n) is 16.4. The second kappa shape index (κ2) is 7.39. The molecule has 4 nitrogen and oxygen atoms in total. The van der Waals surface area contributed by atoms with E-state index in [-0.39, 0.29) is 0 Å². The molecule has 2 aromatic heterocycles. The number of rotatable bonds is 6. The molecule has 0 amide bonds. The van der Waals surface area contributed by atoms with E-state index < -0.39 is 0 Å². The molecular formula is C24H23NO3. The van der Waals surface area contributed by atoms with Gasteiger partial charge in [0.25, 0.3) is 0 Å². The molecular weight excluding hydrogens is 350 g/mol. The molecule has 0 aliphatic carbocycles. The van der Waals surface area contributed by atoms with Crippen LogP contribution in [0, 0.1) is 6.92 Å². The van der Waals surface area contributed by atoms with E-state index in [4.69, 9.17) is 9.47 Å². The van der Waals surface area contributed by atoms with Gasteiger partial charge in [0.2, 0.25) is 0 Å². The maximum atomic E-state index is 12.1. The van der Waals surface area contributed by atoms with Gasteiger partial charge in [-0.2, -0.15) is 0 Å². The van der Waals surface area contributed by atoms with Gasteiger partial charge in [-0.1, -0.05) is 30.3 Å². The van der Waals surface area contributed by atoms with Crippen molar-refractivity contribution in [2.24, 2.45) is 0 Å². The lowest BCUT2D eigenvalue weighted by molar-refractivity contribution is 0.111. The second-order valence-electron chi connectivity index (χ2n) is 6.67. The highest BCUT2D eigenvalue weighted by Crippen LogP contribution is 2.44. The first-order chi connectivity index (χ1) is 13.7. The standard InChI is InChI=1S/C24H23NO3/c1-4-27-22-14-23(28-5-2)24(18-11-7-6-10-17(18)22)19-13-20-16(3)9-8-12-25(20)21(19)15-26/h6-15H,4-5H2,1-3H3. The van der Waals surface area contributed by atoms with Crippen molar-refractivity contribution in [1.82, 2.24) is 4.40 Å². The Hall–Kier alpha value is -3.27. The summed E-state index contributed by atoms with van der Waals surface area (Å²) in [5.41, 5.74) is 4.54. The van der Waals surface area contributed by atoms with E-state index in [9.17, 15) is 4.79 Å². The molecule has 0 N–H and O–H groups in total. The van der Waals surface area contributed by atoms with Gasteiger partial charge in [0.05, 0.1) is 18.9 Å². The van der Waals surface area contributed by atoms with Gasteiger partial charge >= 0.3 is 0 Å². The third-order valence-electron chi connectivity index (χ3n) is 5.01. The number of ether oxygens (including phenoxy) is 2. The fraction of sp³-hybridized carbons (Fsp3) is 0.208. The van der Waals surface area contributed by atoms with Crippen LogP contribution in [-0.2, 0) is 0 Å². The minimum Gasteiger partial charge on any atom is -0.493 e. The van der Waals surface area contributed by atoms with Crippen LogP contribution in [0.15, 0.2) is 54.7 Å². The molecule has 2 heterocycles. The number of carbonyl (C=O) groups is 1. The SMILES string of the molecule is CCOc1cc(OCC)c2ccccc2c1-c1cc2c(C)cccn2c1C=O. The van der Waals surface area contributed by atoms with Gasteiger partial charge in [-0.25, -0.2) is 0 Å². The van der Waals surface area contributed by atoms with E-state index in [2.05, 4.69) is 12.1 Å². The maximum Gasteiger partial charge on any atom is 0.167 e. The molecule has 0 bridgehead atoms. The normalized spacial score (nSPS) is 11.1. The number of hydrogen-bond donors (Lipinski definition) is 0. The number of nitrogens with zero attached hydrogens (tertiary/aromatic N) is 1. The number of pyridine rings is 1. The number of aryl methyl sites for hydroxylation is 1. The van der Waals surface area contributed by atoms with Gasteiger partial charge in [0.15, 0.2) is 6.29 Å². The topological polar surface area (TPSA) is 39.9 Å². The van der Waals surface area contributed by atoms with E-state index in [1.165, 1.54) is 0 Å². The summed E-state index contributed by atoms with van der Waals surface area (Å²) >= 11 is 0. The molecule has 0 aliphatic heterocycles. The molecule has 0 fully saturated rings.